The first-order valence-corrected chi connectivity index (χ1v) is 4.81. The van der Waals surface area contributed by atoms with Gasteiger partial charge in [-0.3, -0.25) is 4.99 Å². The maximum atomic E-state index is 13.1. The number of amidine groups is 1. The quantitative estimate of drug-likeness (QED) is 0.466. The summed E-state index contributed by atoms with van der Waals surface area (Å²) in [5.74, 6) is 0.0775. The SMILES string of the molecule is COCCN=C(N)c1ccc(F)c(OC)c1. The molecule has 0 bridgehead atoms. The van der Waals surface area contributed by atoms with E-state index in [2.05, 4.69) is 4.99 Å². The molecule has 0 unspecified atom stereocenters. The number of nitrogens with zero attached hydrogens (tertiary/aromatic N) is 1. The average molecular weight is 226 g/mol. The minimum absolute atomic E-state index is 0.155. The summed E-state index contributed by atoms with van der Waals surface area (Å²) in [7, 11) is 2.99. The van der Waals surface area contributed by atoms with E-state index in [0.29, 0.717) is 24.6 Å². The van der Waals surface area contributed by atoms with Crippen LogP contribution in [0.1, 0.15) is 5.56 Å². The van der Waals surface area contributed by atoms with Gasteiger partial charge in [0.05, 0.1) is 20.3 Å². The molecule has 2 N–H and O–H groups in total. The molecule has 88 valence electrons. The third-order valence-corrected chi connectivity index (χ3v) is 2.02. The molecule has 0 aliphatic rings. The molecule has 0 aromatic heterocycles. The Balaban J connectivity index is 2.83. The third-order valence-electron chi connectivity index (χ3n) is 2.02. The Morgan fingerprint density at radius 2 is 2.19 bits per heavy atom. The lowest BCUT2D eigenvalue weighted by Gasteiger charge is -2.05. The van der Waals surface area contributed by atoms with Gasteiger partial charge in [0, 0.05) is 12.7 Å². The van der Waals surface area contributed by atoms with E-state index in [1.54, 1.807) is 13.2 Å². The van der Waals surface area contributed by atoms with Gasteiger partial charge in [-0.2, -0.15) is 0 Å². The van der Waals surface area contributed by atoms with Crippen LogP contribution < -0.4 is 10.5 Å². The van der Waals surface area contributed by atoms with Crippen LogP contribution in [0.25, 0.3) is 0 Å². The molecule has 4 nitrogen and oxygen atoms in total. The number of methoxy groups -OCH3 is 2. The summed E-state index contributed by atoms with van der Waals surface area (Å²) >= 11 is 0. The normalized spacial score (nSPS) is 11.6. The van der Waals surface area contributed by atoms with Crippen LogP contribution in [0, 0.1) is 5.82 Å². The van der Waals surface area contributed by atoms with Gasteiger partial charge < -0.3 is 15.2 Å². The maximum Gasteiger partial charge on any atom is 0.165 e. The smallest absolute Gasteiger partial charge is 0.165 e. The summed E-state index contributed by atoms with van der Waals surface area (Å²) in [4.78, 5) is 4.08. The molecular formula is C11H15FN2O2. The Bertz CT molecular complexity index is 380. The van der Waals surface area contributed by atoms with Crippen molar-refractivity contribution < 1.29 is 13.9 Å². The van der Waals surface area contributed by atoms with E-state index in [1.807, 2.05) is 0 Å². The summed E-state index contributed by atoms with van der Waals surface area (Å²) in [5, 5.41) is 0. The molecule has 1 aromatic carbocycles. The van der Waals surface area contributed by atoms with E-state index in [1.165, 1.54) is 19.2 Å². The van der Waals surface area contributed by atoms with Crippen molar-refractivity contribution in [3.8, 4) is 5.75 Å². The Kier molecular flexibility index (Phi) is 4.72. The van der Waals surface area contributed by atoms with E-state index in [4.69, 9.17) is 15.2 Å². The number of ether oxygens (including phenoxy) is 2. The van der Waals surface area contributed by atoms with Crippen LogP contribution >= 0.6 is 0 Å². The van der Waals surface area contributed by atoms with Crippen molar-refractivity contribution >= 4 is 5.84 Å². The fourth-order valence-electron chi connectivity index (χ4n) is 1.17. The van der Waals surface area contributed by atoms with E-state index >= 15 is 0 Å². The zero-order chi connectivity index (χ0) is 12.0. The predicted octanol–water partition coefficient (Wildman–Crippen LogP) is 1.19. The zero-order valence-electron chi connectivity index (χ0n) is 9.37. The van der Waals surface area contributed by atoms with Gasteiger partial charge in [-0.25, -0.2) is 4.39 Å². The van der Waals surface area contributed by atoms with Gasteiger partial charge in [0.25, 0.3) is 0 Å². The van der Waals surface area contributed by atoms with Gasteiger partial charge >= 0.3 is 0 Å². The van der Waals surface area contributed by atoms with Crippen LogP contribution in [0.15, 0.2) is 23.2 Å². The van der Waals surface area contributed by atoms with Crippen molar-refractivity contribution in [3.05, 3.63) is 29.6 Å². The molecule has 0 saturated carbocycles. The van der Waals surface area contributed by atoms with Gasteiger partial charge in [-0.05, 0) is 18.2 Å². The minimum atomic E-state index is -0.420. The molecule has 0 aliphatic carbocycles. The molecule has 0 atom stereocenters. The lowest BCUT2D eigenvalue weighted by Crippen LogP contribution is -2.15. The molecule has 1 rings (SSSR count). The summed E-state index contributed by atoms with van der Waals surface area (Å²) in [5.41, 5.74) is 6.36. The molecule has 0 saturated heterocycles. The van der Waals surface area contributed by atoms with Crippen molar-refractivity contribution in [2.75, 3.05) is 27.4 Å². The number of hydrogen-bond donors (Lipinski definition) is 1. The van der Waals surface area contributed by atoms with Gasteiger partial charge in [0.1, 0.15) is 5.84 Å². The third kappa shape index (κ3) is 3.20. The van der Waals surface area contributed by atoms with Crippen LogP contribution in [0.2, 0.25) is 0 Å². The number of hydrogen-bond acceptors (Lipinski definition) is 3. The predicted molar refractivity (Wildman–Crippen MR) is 60.4 cm³/mol. The Morgan fingerprint density at radius 3 is 2.81 bits per heavy atom. The van der Waals surface area contributed by atoms with Crippen LogP contribution in [-0.2, 0) is 4.74 Å². The van der Waals surface area contributed by atoms with Crippen molar-refractivity contribution in [1.29, 1.82) is 0 Å². The molecule has 16 heavy (non-hydrogen) atoms. The van der Waals surface area contributed by atoms with Gasteiger partial charge in [0.15, 0.2) is 11.6 Å². The first kappa shape index (κ1) is 12.4. The van der Waals surface area contributed by atoms with Gasteiger partial charge in [-0.15, -0.1) is 0 Å². The molecule has 0 radical (unpaired) electrons. The van der Waals surface area contributed by atoms with E-state index in [9.17, 15) is 4.39 Å². The summed E-state index contributed by atoms with van der Waals surface area (Å²) in [6.07, 6.45) is 0. The van der Waals surface area contributed by atoms with Crippen molar-refractivity contribution in [3.63, 3.8) is 0 Å². The number of nitrogens with two attached hydrogens (primary N) is 1. The second-order valence-electron chi connectivity index (χ2n) is 3.11. The second kappa shape index (κ2) is 6.07. The topological polar surface area (TPSA) is 56.8 Å². The van der Waals surface area contributed by atoms with Crippen LogP contribution in [0.3, 0.4) is 0 Å². The zero-order valence-corrected chi connectivity index (χ0v) is 9.37. The molecular weight excluding hydrogens is 211 g/mol. The first-order chi connectivity index (χ1) is 7.69. The molecule has 0 fully saturated rings. The molecule has 0 heterocycles. The van der Waals surface area contributed by atoms with E-state index in [-0.39, 0.29) is 5.75 Å². The molecule has 0 spiro atoms. The summed E-state index contributed by atoms with van der Waals surface area (Å²) in [6, 6.07) is 4.37. The molecule has 0 aliphatic heterocycles. The molecule has 1 aromatic rings. The second-order valence-corrected chi connectivity index (χ2v) is 3.11. The standard InChI is InChI=1S/C11H15FN2O2/c1-15-6-5-14-11(13)8-3-4-9(12)10(7-8)16-2/h3-4,7H,5-6H2,1-2H3,(H2,13,14). The van der Waals surface area contributed by atoms with E-state index in [0.717, 1.165) is 0 Å². The molecule has 5 heteroatoms. The minimum Gasteiger partial charge on any atom is -0.494 e. The average Bonchev–Trinajstić information content (AvgIpc) is 2.30. The largest absolute Gasteiger partial charge is 0.494 e. The highest BCUT2D eigenvalue weighted by Crippen LogP contribution is 2.17. The number of aliphatic imine (C=N–C) groups is 1. The maximum absolute atomic E-state index is 13.1. The number of halogens is 1. The van der Waals surface area contributed by atoms with Crippen LogP contribution in [0.5, 0.6) is 5.75 Å². The lowest BCUT2D eigenvalue weighted by molar-refractivity contribution is 0.208. The van der Waals surface area contributed by atoms with Crippen molar-refractivity contribution in [2.45, 2.75) is 0 Å². The van der Waals surface area contributed by atoms with Crippen molar-refractivity contribution in [1.82, 2.24) is 0 Å². The Morgan fingerprint density at radius 1 is 1.44 bits per heavy atom. The van der Waals surface area contributed by atoms with Gasteiger partial charge in [-0.1, -0.05) is 0 Å². The Hall–Kier alpha value is -1.62. The highest BCUT2D eigenvalue weighted by molar-refractivity contribution is 5.97. The Labute approximate surface area is 93.9 Å². The fraction of sp³-hybridized carbons (Fsp3) is 0.364. The summed E-state index contributed by atoms with van der Waals surface area (Å²) in [6.45, 7) is 0.973. The van der Waals surface area contributed by atoms with Crippen molar-refractivity contribution in [2.24, 2.45) is 10.7 Å². The van der Waals surface area contributed by atoms with E-state index < -0.39 is 5.82 Å². The van der Waals surface area contributed by atoms with Crippen LogP contribution in [0.4, 0.5) is 4.39 Å². The number of rotatable bonds is 5. The van der Waals surface area contributed by atoms with Gasteiger partial charge in [0.2, 0.25) is 0 Å². The van der Waals surface area contributed by atoms with Crippen LogP contribution in [-0.4, -0.2) is 33.2 Å². The monoisotopic (exact) mass is 226 g/mol. The lowest BCUT2D eigenvalue weighted by atomic mass is 10.2. The number of benzene rings is 1. The highest BCUT2D eigenvalue weighted by atomic mass is 19.1. The fourth-order valence-corrected chi connectivity index (χ4v) is 1.17. The first-order valence-electron chi connectivity index (χ1n) is 4.81. The highest BCUT2D eigenvalue weighted by Gasteiger charge is 2.05. The molecule has 0 amide bonds. The summed E-state index contributed by atoms with van der Waals surface area (Å²) < 4.78 is 22.8.